The molecule has 9 nitrogen and oxygen atoms in total. The molecule has 0 amide bonds. The Hall–Kier alpha value is -2.47. The molecule has 3 aromatic carbocycles. The van der Waals surface area contributed by atoms with Gasteiger partial charge in [-0.3, -0.25) is 14.8 Å². The SMILES string of the molecule is CN(C)CCOc1cc(NS(=O)(=O)c2cc(Cl)c(Oc3ccc([N+](=O)[O-])cc3Cl)c(Cl)c2)ccc1Cl. The van der Waals surface area contributed by atoms with Crippen molar-refractivity contribution in [3.63, 3.8) is 0 Å². The highest BCUT2D eigenvalue weighted by atomic mass is 35.5. The van der Waals surface area contributed by atoms with Crippen molar-refractivity contribution in [1.82, 2.24) is 4.90 Å². The van der Waals surface area contributed by atoms with Crippen LogP contribution in [0, 0.1) is 10.1 Å². The Morgan fingerprint density at radius 1 is 0.917 bits per heavy atom. The average molecular weight is 595 g/mol. The normalized spacial score (nSPS) is 11.4. The largest absolute Gasteiger partial charge is 0.491 e. The van der Waals surface area contributed by atoms with Gasteiger partial charge in [-0.2, -0.15) is 0 Å². The van der Waals surface area contributed by atoms with Crippen molar-refractivity contribution in [1.29, 1.82) is 0 Å². The Kier molecular flexibility index (Phi) is 9.15. The molecular weight excluding hydrogens is 576 g/mol. The van der Waals surface area contributed by atoms with E-state index in [1.807, 2.05) is 19.0 Å². The van der Waals surface area contributed by atoms with Crippen LogP contribution in [0.2, 0.25) is 20.1 Å². The first-order valence-corrected chi connectivity index (χ1v) is 13.1. The van der Waals surface area contributed by atoms with Crippen molar-refractivity contribution in [3.05, 3.63) is 78.7 Å². The van der Waals surface area contributed by atoms with Crippen LogP contribution in [-0.4, -0.2) is 45.5 Å². The first-order chi connectivity index (χ1) is 16.9. The van der Waals surface area contributed by atoms with Crippen LogP contribution in [0.3, 0.4) is 0 Å². The molecule has 0 radical (unpaired) electrons. The lowest BCUT2D eigenvalue weighted by Crippen LogP contribution is -2.19. The second-order valence-electron chi connectivity index (χ2n) is 7.59. The number of halogens is 4. The third-order valence-corrected chi connectivity index (χ3v) is 7.13. The molecule has 192 valence electrons. The standard InChI is InChI=1S/C22H19Cl4N3O6S/c1-28(2)7-8-34-21-9-13(3-5-16(21)23)27-36(32,33)15-11-18(25)22(19(26)12-15)35-20-6-4-14(29(30)31)10-17(20)24/h3-6,9-12,27H,7-8H2,1-2H3. The second kappa shape index (κ2) is 11.7. The van der Waals surface area contributed by atoms with Gasteiger partial charge in [-0.25, -0.2) is 8.42 Å². The number of sulfonamides is 1. The summed E-state index contributed by atoms with van der Waals surface area (Å²) in [4.78, 5) is 12.0. The Morgan fingerprint density at radius 2 is 1.58 bits per heavy atom. The Bertz CT molecular complexity index is 1380. The molecule has 0 bridgehead atoms. The van der Waals surface area contributed by atoms with Gasteiger partial charge in [-0.1, -0.05) is 46.4 Å². The minimum absolute atomic E-state index is 0.0442. The summed E-state index contributed by atoms with van der Waals surface area (Å²) in [6, 6.07) is 10.3. The Balaban J connectivity index is 1.83. The number of non-ortho nitro benzene ring substituents is 1. The van der Waals surface area contributed by atoms with E-state index in [-0.39, 0.29) is 42.8 Å². The van der Waals surface area contributed by atoms with Crippen molar-refractivity contribution in [2.45, 2.75) is 4.90 Å². The Labute approximate surface area is 227 Å². The quantitative estimate of drug-likeness (QED) is 0.204. The monoisotopic (exact) mass is 593 g/mol. The van der Waals surface area contributed by atoms with Crippen LogP contribution in [0.15, 0.2) is 53.4 Å². The topological polar surface area (TPSA) is 111 Å². The minimum atomic E-state index is -4.12. The highest BCUT2D eigenvalue weighted by Crippen LogP contribution is 2.41. The molecule has 0 spiro atoms. The molecule has 0 aliphatic carbocycles. The van der Waals surface area contributed by atoms with Crippen LogP contribution in [0.1, 0.15) is 0 Å². The predicted molar refractivity (Wildman–Crippen MR) is 141 cm³/mol. The molecule has 3 aromatic rings. The first kappa shape index (κ1) is 28.1. The van der Waals surface area contributed by atoms with Crippen LogP contribution in [0.25, 0.3) is 0 Å². The lowest BCUT2D eigenvalue weighted by Gasteiger charge is -2.15. The van der Waals surface area contributed by atoms with Gasteiger partial charge in [0.1, 0.15) is 18.1 Å². The summed E-state index contributed by atoms with van der Waals surface area (Å²) in [5.74, 6) is 0.289. The number of nitro benzene ring substituents is 1. The number of hydrogen-bond donors (Lipinski definition) is 1. The van der Waals surface area contributed by atoms with Gasteiger partial charge >= 0.3 is 0 Å². The maximum atomic E-state index is 13.0. The van der Waals surface area contributed by atoms with E-state index in [9.17, 15) is 18.5 Å². The lowest BCUT2D eigenvalue weighted by atomic mass is 10.3. The van der Waals surface area contributed by atoms with Gasteiger partial charge in [0.2, 0.25) is 0 Å². The van der Waals surface area contributed by atoms with E-state index in [0.717, 1.165) is 18.2 Å². The number of ether oxygens (including phenoxy) is 2. The highest BCUT2D eigenvalue weighted by Gasteiger charge is 2.21. The first-order valence-electron chi connectivity index (χ1n) is 10.1. The molecule has 1 N–H and O–H groups in total. The number of nitrogens with one attached hydrogen (secondary N) is 1. The van der Waals surface area contributed by atoms with Crippen LogP contribution in [0.4, 0.5) is 11.4 Å². The molecule has 0 fully saturated rings. The van der Waals surface area contributed by atoms with Gasteiger partial charge in [0.15, 0.2) is 5.75 Å². The summed E-state index contributed by atoms with van der Waals surface area (Å²) in [6.07, 6.45) is 0. The molecule has 36 heavy (non-hydrogen) atoms. The van der Waals surface area contributed by atoms with Crippen LogP contribution < -0.4 is 14.2 Å². The van der Waals surface area contributed by atoms with E-state index in [2.05, 4.69) is 4.72 Å². The molecule has 0 saturated heterocycles. The van der Waals surface area contributed by atoms with Gasteiger partial charge < -0.3 is 14.4 Å². The number of likely N-dealkylation sites (N-methyl/N-ethyl adjacent to an activating group) is 1. The summed E-state index contributed by atoms with van der Waals surface area (Å²) in [6.45, 7) is 0.997. The van der Waals surface area contributed by atoms with E-state index in [1.54, 1.807) is 0 Å². The van der Waals surface area contributed by atoms with Gasteiger partial charge in [0.05, 0.1) is 35.6 Å². The summed E-state index contributed by atoms with van der Waals surface area (Å²) in [7, 11) is -0.334. The average Bonchev–Trinajstić information content (AvgIpc) is 2.78. The zero-order valence-electron chi connectivity index (χ0n) is 18.8. The van der Waals surface area contributed by atoms with E-state index >= 15 is 0 Å². The van der Waals surface area contributed by atoms with Crippen LogP contribution in [-0.2, 0) is 10.0 Å². The third-order valence-electron chi connectivity index (χ3n) is 4.60. The Morgan fingerprint density at radius 3 is 2.17 bits per heavy atom. The van der Waals surface area contributed by atoms with Gasteiger partial charge in [0.25, 0.3) is 15.7 Å². The van der Waals surface area contributed by atoms with Crippen molar-refractivity contribution < 1.29 is 22.8 Å². The molecule has 0 saturated carbocycles. The number of rotatable bonds is 10. The number of anilines is 1. The van der Waals surface area contributed by atoms with Crippen LogP contribution in [0.5, 0.6) is 17.2 Å². The maximum absolute atomic E-state index is 13.0. The van der Waals surface area contributed by atoms with Gasteiger partial charge in [0, 0.05) is 24.7 Å². The van der Waals surface area contributed by atoms with Crippen molar-refractivity contribution in [2.24, 2.45) is 0 Å². The summed E-state index contributed by atoms with van der Waals surface area (Å²) < 4.78 is 39.7. The molecular formula is C22H19Cl4N3O6S. The molecule has 3 rings (SSSR count). The van der Waals surface area contributed by atoms with Gasteiger partial charge in [-0.05, 0) is 44.4 Å². The number of hydrogen-bond acceptors (Lipinski definition) is 7. The summed E-state index contributed by atoms with van der Waals surface area (Å²) >= 11 is 24.7. The van der Waals surface area contributed by atoms with Crippen molar-refractivity contribution >= 4 is 67.8 Å². The fraction of sp³-hybridized carbons (Fsp3) is 0.182. The molecule has 14 heteroatoms. The third kappa shape index (κ3) is 7.06. The molecule has 0 atom stereocenters. The molecule has 0 aliphatic heterocycles. The highest BCUT2D eigenvalue weighted by molar-refractivity contribution is 7.92. The minimum Gasteiger partial charge on any atom is -0.491 e. The number of nitro groups is 1. The van der Waals surface area contributed by atoms with E-state index in [4.69, 9.17) is 55.9 Å². The molecule has 0 unspecified atom stereocenters. The fourth-order valence-corrected chi connectivity index (χ4v) is 5.00. The lowest BCUT2D eigenvalue weighted by molar-refractivity contribution is -0.384. The van der Waals surface area contributed by atoms with Crippen molar-refractivity contribution in [2.75, 3.05) is 32.0 Å². The van der Waals surface area contributed by atoms with E-state index < -0.39 is 14.9 Å². The summed E-state index contributed by atoms with van der Waals surface area (Å²) in [5, 5.41) is 10.9. The van der Waals surface area contributed by atoms with E-state index in [0.29, 0.717) is 23.9 Å². The summed E-state index contributed by atoms with van der Waals surface area (Å²) in [5.41, 5.74) is -0.0185. The van der Waals surface area contributed by atoms with Crippen LogP contribution >= 0.6 is 46.4 Å². The fourth-order valence-electron chi connectivity index (χ4n) is 2.82. The zero-order valence-corrected chi connectivity index (χ0v) is 22.6. The molecule has 0 heterocycles. The smallest absolute Gasteiger partial charge is 0.271 e. The molecule has 0 aromatic heterocycles. The maximum Gasteiger partial charge on any atom is 0.271 e. The van der Waals surface area contributed by atoms with Crippen molar-refractivity contribution in [3.8, 4) is 17.2 Å². The second-order valence-corrected chi connectivity index (χ2v) is 10.9. The number of nitrogens with zero attached hydrogens (tertiary/aromatic N) is 2. The van der Waals surface area contributed by atoms with Gasteiger partial charge in [-0.15, -0.1) is 0 Å². The number of benzene rings is 3. The molecule has 0 aliphatic rings. The zero-order chi connectivity index (χ0) is 26.6. The van der Waals surface area contributed by atoms with E-state index in [1.165, 1.54) is 30.3 Å². The predicted octanol–water partition coefficient (Wildman–Crippen LogP) is 6.74.